The second-order valence-corrected chi connectivity index (χ2v) is 7.54. The first kappa shape index (κ1) is 17.7. The number of carbonyl (C=O) groups is 2. The third-order valence-corrected chi connectivity index (χ3v) is 4.47. The van der Waals surface area contributed by atoms with Crippen LogP contribution in [-0.4, -0.2) is 45.5 Å². The molecule has 1 N–H and O–H groups in total. The fourth-order valence-corrected chi connectivity index (χ4v) is 2.64. The van der Waals surface area contributed by atoms with E-state index in [1.54, 1.807) is 38.4 Å². The standard InChI is InChI=1S/C17H18N2O4S/c1-19(2)17(21)13-4-8-14(9-5-13)18-16(20)12-6-10-15(11-7-12)24(3,22)23/h4-11H,1-3H3,(H,18,20). The van der Waals surface area contributed by atoms with Gasteiger partial charge in [-0.2, -0.15) is 0 Å². The summed E-state index contributed by atoms with van der Waals surface area (Å²) in [6.07, 6.45) is 1.11. The van der Waals surface area contributed by atoms with Gasteiger partial charge in [0.1, 0.15) is 0 Å². The molecule has 0 spiro atoms. The van der Waals surface area contributed by atoms with Crippen LogP contribution in [0.5, 0.6) is 0 Å². The molecule has 0 saturated heterocycles. The molecule has 24 heavy (non-hydrogen) atoms. The summed E-state index contributed by atoms with van der Waals surface area (Å²) in [4.78, 5) is 25.6. The molecule has 0 aliphatic carbocycles. The molecule has 0 aliphatic rings. The van der Waals surface area contributed by atoms with E-state index in [1.165, 1.54) is 29.2 Å². The van der Waals surface area contributed by atoms with E-state index in [2.05, 4.69) is 5.32 Å². The number of nitrogens with zero attached hydrogens (tertiary/aromatic N) is 1. The molecule has 0 atom stereocenters. The summed E-state index contributed by atoms with van der Waals surface area (Å²) in [6.45, 7) is 0. The molecule has 2 rings (SSSR count). The Labute approximate surface area is 141 Å². The minimum atomic E-state index is -3.29. The van der Waals surface area contributed by atoms with Crippen molar-refractivity contribution in [3.05, 3.63) is 59.7 Å². The Bertz CT molecular complexity index is 854. The summed E-state index contributed by atoms with van der Waals surface area (Å²) in [5.41, 5.74) is 1.41. The molecule has 0 fully saturated rings. The highest BCUT2D eigenvalue weighted by Crippen LogP contribution is 2.14. The van der Waals surface area contributed by atoms with E-state index in [9.17, 15) is 18.0 Å². The maximum Gasteiger partial charge on any atom is 0.255 e. The first-order valence-electron chi connectivity index (χ1n) is 7.11. The first-order chi connectivity index (χ1) is 11.2. The van der Waals surface area contributed by atoms with Crippen molar-refractivity contribution in [2.75, 3.05) is 25.7 Å². The van der Waals surface area contributed by atoms with Gasteiger partial charge in [0.2, 0.25) is 0 Å². The lowest BCUT2D eigenvalue weighted by atomic mass is 10.1. The van der Waals surface area contributed by atoms with Crippen LogP contribution in [0.4, 0.5) is 5.69 Å². The van der Waals surface area contributed by atoms with Crippen LogP contribution in [0.15, 0.2) is 53.4 Å². The Morgan fingerprint density at radius 1 is 0.875 bits per heavy atom. The van der Waals surface area contributed by atoms with Gasteiger partial charge in [0, 0.05) is 37.2 Å². The van der Waals surface area contributed by atoms with Crippen LogP contribution in [0.3, 0.4) is 0 Å². The molecule has 0 unspecified atom stereocenters. The highest BCUT2D eigenvalue weighted by molar-refractivity contribution is 7.90. The molecule has 2 amide bonds. The van der Waals surface area contributed by atoms with Crippen LogP contribution >= 0.6 is 0 Å². The van der Waals surface area contributed by atoms with Gasteiger partial charge >= 0.3 is 0 Å². The van der Waals surface area contributed by atoms with Crippen molar-refractivity contribution in [1.29, 1.82) is 0 Å². The molecular weight excluding hydrogens is 328 g/mol. The smallest absolute Gasteiger partial charge is 0.255 e. The average Bonchev–Trinajstić information content (AvgIpc) is 2.54. The van der Waals surface area contributed by atoms with Gasteiger partial charge < -0.3 is 10.2 Å². The topological polar surface area (TPSA) is 83.6 Å². The maximum atomic E-state index is 12.2. The molecule has 0 bridgehead atoms. The molecule has 2 aromatic carbocycles. The van der Waals surface area contributed by atoms with Crippen LogP contribution in [0.25, 0.3) is 0 Å². The number of amides is 2. The van der Waals surface area contributed by atoms with Crippen molar-refractivity contribution in [2.24, 2.45) is 0 Å². The lowest BCUT2D eigenvalue weighted by molar-refractivity contribution is 0.0827. The Morgan fingerprint density at radius 3 is 1.83 bits per heavy atom. The van der Waals surface area contributed by atoms with Gasteiger partial charge in [0.15, 0.2) is 9.84 Å². The van der Waals surface area contributed by atoms with E-state index in [0.717, 1.165) is 6.26 Å². The van der Waals surface area contributed by atoms with Crippen molar-refractivity contribution in [3.63, 3.8) is 0 Å². The molecule has 126 valence electrons. The molecule has 7 heteroatoms. The van der Waals surface area contributed by atoms with Gasteiger partial charge in [0.05, 0.1) is 4.90 Å². The van der Waals surface area contributed by atoms with Gasteiger partial charge in [-0.1, -0.05) is 0 Å². The van der Waals surface area contributed by atoms with Crippen molar-refractivity contribution in [3.8, 4) is 0 Å². The summed E-state index contributed by atoms with van der Waals surface area (Å²) >= 11 is 0. The van der Waals surface area contributed by atoms with E-state index >= 15 is 0 Å². The van der Waals surface area contributed by atoms with Crippen LogP contribution in [0.2, 0.25) is 0 Å². The molecule has 0 aliphatic heterocycles. The fourth-order valence-electron chi connectivity index (χ4n) is 2.01. The Kier molecular flexibility index (Phi) is 5.04. The van der Waals surface area contributed by atoms with Crippen LogP contribution in [-0.2, 0) is 9.84 Å². The number of nitrogens with one attached hydrogen (secondary N) is 1. The molecular formula is C17H18N2O4S. The molecule has 6 nitrogen and oxygen atoms in total. The first-order valence-corrected chi connectivity index (χ1v) is 9.01. The average molecular weight is 346 g/mol. The summed E-state index contributed by atoms with van der Waals surface area (Å²) in [7, 11) is 0.0379. The SMILES string of the molecule is CN(C)C(=O)c1ccc(NC(=O)c2ccc(S(C)(=O)=O)cc2)cc1. The van der Waals surface area contributed by atoms with Gasteiger partial charge in [-0.15, -0.1) is 0 Å². The van der Waals surface area contributed by atoms with Crippen molar-refractivity contribution < 1.29 is 18.0 Å². The number of hydrogen-bond donors (Lipinski definition) is 1. The van der Waals surface area contributed by atoms with Crippen molar-refractivity contribution in [1.82, 2.24) is 4.90 Å². The van der Waals surface area contributed by atoms with Crippen molar-refractivity contribution in [2.45, 2.75) is 4.90 Å². The number of anilines is 1. The number of benzene rings is 2. The fraction of sp³-hybridized carbons (Fsp3) is 0.176. The van der Waals surface area contributed by atoms with Gasteiger partial charge in [-0.25, -0.2) is 8.42 Å². The monoisotopic (exact) mass is 346 g/mol. The van der Waals surface area contributed by atoms with Crippen LogP contribution in [0, 0.1) is 0 Å². The predicted molar refractivity (Wildman–Crippen MR) is 92.0 cm³/mol. The van der Waals surface area contributed by atoms with Gasteiger partial charge in [0.25, 0.3) is 11.8 Å². The van der Waals surface area contributed by atoms with Gasteiger partial charge in [-0.05, 0) is 48.5 Å². The Morgan fingerprint density at radius 2 is 1.38 bits per heavy atom. The lowest BCUT2D eigenvalue weighted by Gasteiger charge is -2.11. The second-order valence-electron chi connectivity index (χ2n) is 5.53. The van der Waals surface area contributed by atoms with Gasteiger partial charge in [-0.3, -0.25) is 9.59 Å². The van der Waals surface area contributed by atoms with Crippen molar-refractivity contribution >= 4 is 27.3 Å². The zero-order valence-corrected chi connectivity index (χ0v) is 14.4. The van der Waals surface area contributed by atoms with Crippen LogP contribution < -0.4 is 5.32 Å². The Hall–Kier alpha value is -2.67. The lowest BCUT2D eigenvalue weighted by Crippen LogP contribution is -2.21. The third kappa shape index (κ3) is 4.20. The molecule has 0 aromatic heterocycles. The Balaban J connectivity index is 2.11. The molecule has 0 radical (unpaired) electrons. The summed E-state index contributed by atoms with van der Waals surface area (Å²) in [5, 5.41) is 2.70. The normalized spacial score (nSPS) is 11.0. The molecule has 2 aromatic rings. The minimum Gasteiger partial charge on any atom is -0.345 e. The quantitative estimate of drug-likeness (QED) is 0.918. The summed E-state index contributed by atoms with van der Waals surface area (Å²) in [6, 6.07) is 12.2. The summed E-state index contributed by atoms with van der Waals surface area (Å²) < 4.78 is 22.8. The minimum absolute atomic E-state index is 0.121. The highest BCUT2D eigenvalue weighted by atomic mass is 32.2. The predicted octanol–water partition coefficient (Wildman–Crippen LogP) is 2.04. The van der Waals surface area contributed by atoms with E-state index < -0.39 is 9.84 Å². The van der Waals surface area contributed by atoms with E-state index in [-0.39, 0.29) is 16.7 Å². The van der Waals surface area contributed by atoms with E-state index in [0.29, 0.717) is 16.8 Å². The zero-order valence-electron chi connectivity index (χ0n) is 13.6. The van der Waals surface area contributed by atoms with Crippen LogP contribution in [0.1, 0.15) is 20.7 Å². The zero-order chi connectivity index (χ0) is 17.9. The number of rotatable bonds is 4. The number of carbonyl (C=O) groups excluding carboxylic acids is 2. The maximum absolute atomic E-state index is 12.2. The third-order valence-electron chi connectivity index (χ3n) is 3.34. The molecule has 0 heterocycles. The summed E-state index contributed by atoms with van der Waals surface area (Å²) in [5.74, 6) is -0.481. The number of hydrogen-bond acceptors (Lipinski definition) is 4. The van der Waals surface area contributed by atoms with E-state index in [1.807, 2.05) is 0 Å². The van der Waals surface area contributed by atoms with E-state index in [4.69, 9.17) is 0 Å². The number of sulfone groups is 1. The highest BCUT2D eigenvalue weighted by Gasteiger charge is 2.11. The largest absolute Gasteiger partial charge is 0.345 e. The molecule has 0 saturated carbocycles. The second kappa shape index (κ2) is 6.84.